The van der Waals surface area contributed by atoms with E-state index in [4.69, 9.17) is 4.74 Å². The van der Waals surface area contributed by atoms with Crippen LogP contribution in [0.5, 0.6) is 5.75 Å². The molecular formula is C22H34N2O3. The molecule has 1 aliphatic rings. The first-order valence-electron chi connectivity index (χ1n) is 10.1. The number of carbonyl (C=O) groups excluding carboxylic acids is 2. The first-order valence-corrected chi connectivity index (χ1v) is 10.1. The van der Waals surface area contributed by atoms with E-state index in [0.29, 0.717) is 26.1 Å². The maximum Gasteiger partial charge on any atom is 0.227 e. The Balaban J connectivity index is 2.04. The van der Waals surface area contributed by atoms with Crippen LogP contribution < -0.4 is 4.74 Å². The van der Waals surface area contributed by atoms with E-state index < -0.39 is 0 Å². The molecule has 1 aliphatic heterocycles. The fraction of sp³-hybridized carbons (Fsp3) is 0.636. The van der Waals surface area contributed by atoms with Gasteiger partial charge in [-0.3, -0.25) is 9.59 Å². The summed E-state index contributed by atoms with van der Waals surface area (Å²) in [6.45, 7) is 10.9. The van der Waals surface area contributed by atoms with E-state index >= 15 is 0 Å². The second kappa shape index (κ2) is 9.77. The summed E-state index contributed by atoms with van der Waals surface area (Å²) in [5.41, 5.74) is 3.13. The molecule has 5 nitrogen and oxygen atoms in total. The summed E-state index contributed by atoms with van der Waals surface area (Å²) in [4.78, 5) is 29.4. The molecule has 0 bridgehead atoms. The Labute approximate surface area is 163 Å². The van der Waals surface area contributed by atoms with Gasteiger partial charge >= 0.3 is 0 Å². The van der Waals surface area contributed by atoms with Gasteiger partial charge in [0, 0.05) is 37.7 Å². The average Bonchev–Trinajstić information content (AvgIpc) is 2.88. The molecule has 2 rings (SSSR count). The second-order valence-corrected chi connectivity index (χ2v) is 7.52. The maximum absolute atomic E-state index is 12.9. The third-order valence-electron chi connectivity index (χ3n) is 5.54. The lowest BCUT2D eigenvalue weighted by Crippen LogP contribution is -2.40. The van der Waals surface area contributed by atoms with E-state index in [1.54, 1.807) is 7.11 Å². The molecule has 0 aliphatic carbocycles. The molecule has 2 amide bonds. The zero-order valence-electron chi connectivity index (χ0n) is 17.5. The fourth-order valence-electron chi connectivity index (χ4n) is 4.02. The molecule has 1 aromatic rings. The quantitative estimate of drug-likeness (QED) is 0.767. The van der Waals surface area contributed by atoms with Crippen LogP contribution in [0, 0.1) is 19.8 Å². The number of rotatable bonds is 6. The van der Waals surface area contributed by atoms with Crippen LogP contribution in [0.2, 0.25) is 0 Å². The van der Waals surface area contributed by atoms with Crippen molar-refractivity contribution in [2.75, 3.05) is 33.3 Å². The molecular weight excluding hydrogens is 340 g/mol. The van der Waals surface area contributed by atoms with E-state index in [1.807, 2.05) is 29.7 Å². The minimum Gasteiger partial charge on any atom is -0.496 e. The summed E-state index contributed by atoms with van der Waals surface area (Å²) in [5, 5.41) is 0. The molecule has 0 N–H and O–H groups in total. The van der Waals surface area contributed by atoms with Crippen LogP contribution in [-0.2, 0) is 16.0 Å². The van der Waals surface area contributed by atoms with Gasteiger partial charge in [0.2, 0.25) is 11.8 Å². The van der Waals surface area contributed by atoms with Gasteiger partial charge in [0.1, 0.15) is 5.75 Å². The number of ether oxygens (including phenoxy) is 1. The van der Waals surface area contributed by atoms with Gasteiger partial charge in [0.05, 0.1) is 13.5 Å². The van der Waals surface area contributed by atoms with Gasteiger partial charge in [-0.15, -0.1) is 0 Å². The van der Waals surface area contributed by atoms with Crippen molar-refractivity contribution in [1.82, 2.24) is 9.80 Å². The monoisotopic (exact) mass is 374 g/mol. The van der Waals surface area contributed by atoms with Gasteiger partial charge in [-0.05, 0) is 38.7 Å². The third-order valence-corrected chi connectivity index (χ3v) is 5.54. The van der Waals surface area contributed by atoms with Crippen molar-refractivity contribution in [2.45, 2.75) is 53.4 Å². The van der Waals surface area contributed by atoms with Crippen LogP contribution in [0.15, 0.2) is 12.1 Å². The van der Waals surface area contributed by atoms with Crippen LogP contribution in [0.1, 0.15) is 49.8 Å². The molecule has 0 unspecified atom stereocenters. The Hall–Kier alpha value is -2.04. The first-order chi connectivity index (χ1) is 12.9. The van der Waals surface area contributed by atoms with Crippen LogP contribution in [0.3, 0.4) is 0 Å². The van der Waals surface area contributed by atoms with Gasteiger partial charge in [0.15, 0.2) is 0 Å². The molecule has 1 aromatic carbocycles. The zero-order valence-corrected chi connectivity index (χ0v) is 17.5. The van der Waals surface area contributed by atoms with Gasteiger partial charge < -0.3 is 14.5 Å². The number of carbonyl (C=O) groups is 2. The lowest BCUT2D eigenvalue weighted by Gasteiger charge is -2.25. The molecule has 1 fully saturated rings. The topological polar surface area (TPSA) is 49.9 Å². The molecule has 0 spiro atoms. The molecule has 1 saturated heterocycles. The lowest BCUT2D eigenvalue weighted by molar-refractivity contribution is -0.136. The summed E-state index contributed by atoms with van der Waals surface area (Å²) in [5.74, 6) is 1.25. The maximum atomic E-state index is 12.9. The van der Waals surface area contributed by atoms with Crippen molar-refractivity contribution in [2.24, 2.45) is 5.92 Å². The normalized spacial score (nSPS) is 15.0. The van der Waals surface area contributed by atoms with E-state index in [9.17, 15) is 9.59 Å². The van der Waals surface area contributed by atoms with E-state index in [2.05, 4.69) is 19.9 Å². The first kappa shape index (κ1) is 21.3. The molecule has 0 atom stereocenters. The highest BCUT2D eigenvalue weighted by Crippen LogP contribution is 2.26. The number of hydrogen-bond acceptors (Lipinski definition) is 3. The van der Waals surface area contributed by atoms with Crippen LogP contribution in [0.4, 0.5) is 0 Å². The SMILES string of the molecule is CCC(CC)C(=O)N1CCCN(C(=O)Cc2cc(C)cc(C)c2OC)CC1. The summed E-state index contributed by atoms with van der Waals surface area (Å²) in [6, 6.07) is 4.10. The molecule has 0 aromatic heterocycles. The Bertz CT molecular complexity index is 668. The third kappa shape index (κ3) is 5.24. The number of amides is 2. The number of benzene rings is 1. The number of nitrogens with zero attached hydrogens (tertiary/aromatic N) is 2. The smallest absolute Gasteiger partial charge is 0.227 e. The zero-order chi connectivity index (χ0) is 20.0. The van der Waals surface area contributed by atoms with Gasteiger partial charge in [-0.25, -0.2) is 0 Å². The molecule has 5 heteroatoms. The minimum atomic E-state index is 0.104. The summed E-state index contributed by atoms with van der Waals surface area (Å²) < 4.78 is 5.52. The van der Waals surface area contributed by atoms with Crippen molar-refractivity contribution < 1.29 is 14.3 Å². The number of hydrogen-bond donors (Lipinski definition) is 0. The standard InChI is InChI=1S/C22H34N2O3/c1-6-18(7-2)22(26)24-10-8-9-23(11-12-24)20(25)15-19-14-16(3)13-17(4)21(19)27-5/h13-14,18H,6-12,15H2,1-5H3. The Kier molecular flexibility index (Phi) is 7.69. The van der Waals surface area contributed by atoms with E-state index in [1.165, 1.54) is 0 Å². The van der Waals surface area contributed by atoms with Gasteiger partial charge in [0.25, 0.3) is 0 Å². The minimum absolute atomic E-state index is 0.104. The van der Waals surface area contributed by atoms with Crippen LogP contribution >= 0.6 is 0 Å². The largest absolute Gasteiger partial charge is 0.496 e. The highest BCUT2D eigenvalue weighted by Gasteiger charge is 2.26. The highest BCUT2D eigenvalue weighted by atomic mass is 16.5. The van der Waals surface area contributed by atoms with E-state index in [-0.39, 0.29) is 17.7 Å². The number of aryl methyl sites for hydroxylation is 2. The Morgan fingerprint density at radius 2 is 1.67 bits per heavy atom. The predicted octanol–water partition coefficient (Wildman–Crippen LogP) is 3.35. The molecule has 0 radical (unpaired) electrons. The van der Waals surface area contributed by atoms with E-state index in [0.717, 1.165) is 48.2 Å². The molecule has 27 heavy (non-hydrogen) atoms. The Morgan fingerprint density at radius 1 is 1.04 bits per heavy atom. The molecule has 1 heterocycles. The second-order valence-electron chi connectivity index (χ2n) is 7.52. The van der Waals surface area contributed by atoms with Crippen LogP contribution in [-0.4, -0.2) is 54.9 Å². The summed E-state index contributed by atoms with van der Waals surface area (Å²) in [7, 11) is 1.65. The fourth-order valence-corrected chi connectivity index (χ4v) is 4.02. The highest BCUT2D eigenvalue weighted by molar-refractivity contribution is 5.81. The van der Waals surface area contributed by atoms with Crippen molar-refractivity contribution in [3.8, 4) is 5.75 Å². The lowest BCUT2D eigenvalue weighted by atomic mass is 10.0. The molecule has 0 saturated carbocycles. The van der Waals surface area contributed by atoms with Gasteiger partial charge in [-0.2, -0.15) is 0 Å². The number of methoxy groups -OCH3 is 1. The van der Waals surface area contributed by atoms with Gasteiger partial charge in [-0.1, -0.05) is 31.5 Å². The van der Waals surface area contributed by atoms with Crippen LogP contribution in [0.25, 0.3) is 0 Å². The summed E-state index contributed by atoms with van der Waals surface area (Å²) in [6.07, 6.45) is 2.93. The van der Waals surface area contributed by atoms with Crippen molar-refractivity contribution in [1.29, 1.82) is 0 Å². The summed E-state index contributed by atoms with van der Waals surface area (Å²) >= 11 is 0. The van der Waals surface area contributed by atoms with Crippen molar-refractivity contribution in [3.63, 3.8) is 0 Å². The van der Waals surface area contributed by atoms with Crippen molar-refractivity contribution >= 4 is 11.8 Å². The molecule has 150 valence electrons. The van der Waals surface area contributed by atoms with Crippen molar-refractivity contribution in [3.05, 3.63) is 28.8 Å². The average molecular weight is 375 g/mol. The Morgan fingerprint density at radius 3 is 2.30 bits per heavy atom. The predicted molar refractivity (Wildman–Crippen MR) is 108 cm³/mol.